The zero-order valence-corrected chi connectivity index (χ0v) is 57.8. The summed E-state index contributed by atoms with van der Waals surface area (Å²) >= 11 is 0. The molecular formula is C76H94N8O19. The number of nitrogens with zero attached hydrogens (tertiary/aromatic N) is 6. The Morgan fingerprint density at radius 3 is 1.22 bits per heavy atom. The van der Waals surface area contributed by atoms with E-state index in [9.17, 15) is 65.1 Å². The largest absolute Gasteiger partial charge is 0.483 e. The minimum atomic E-state index is -1.64. The lowest BCUT2D eigenvalue weighted by Gasteiger charge is -2.71. The van der Waals surface area contributed by atoms with Crippen molar-refractivity contribution < 1.29 is 79.3 Å². The number of unbranched alkanes of at least 4 members (excludes halogenated alkanes) is 2. The van der Waals surface area contributed by atoms with Gasteiger partial charge in [0.25, 0.3) is 5.91 Å². The van der Waals surface area contributed by atoms with E-state index in [1.807, 2.05) is 13.1 Å². The molecule has 4 aromatic heterocycles. The first kappa shape index (κ1) is 76.6. The number of hydrogen-bond acceptors (Lipinski definition) is 21. The molecule has 103 heavy (non-hydrogen) atoms. The maximum Gasteiger partial charge on any atom is 0.271 e. The van der Waals surface area contributed by atoms with E-state index in [-0.39, 0.29) is 105 Å². The topological polar surface area (TPSA) is 399 Å². The molecule has 8 unspecified atom stereocenters. The van der Waals surface area contributed by atoms with Crippen molar-refractivity contribution in [3.63, 3.8) is 0 Å². The normalized spacial score (nSPS) is 20.7. The molecule has 10 atom stereocenters. The molecule has 4 aliphatic carbocycles. The van der Waals surface area contributed by atoms with Crippen molar-refractivity contribution in [2.24, 2.45) is 21.7 Å². The van der Waals surface area contributed by atoms with E-state index in [0.717, 1.165) is 18.2 Å². The van der Waals surface area contributed by atoms with Crippen LogP contribution < -0.4 is 41.1 Å². The van der Waals surface area contributed by atoms with Gasteiger partial charge in [-0.3, -0.25) is 38.2 Å². The summed E-state index contributed by atoms with van der Waals surface area (Å²) in [6.45, 7) is -1.75. The van der Waals surface area contributed by atoms with E-state index >= 15 is 14.4 Å². The monoisotopic (exact) mass is 1420 g/mol. The fourth-order valence-corrected chi connectivity index (χ4v) is 16.3. The number of aromatic nitrogens is 6. The van der Waals surface area contributed by atoms with Gasteiger partial charge in [0, 0.05) is 81.9 Å². The van der Waals surface area contributed by atoms with Gasteiger partial charge in [-0.1, -0.05) is 103 Å². The summed E-state index contributed by atoms with van der Waals surface area (Å²) in [4.78, 5) is 103. The van der Waals surface area contributed by atoms with E-state index in [2.05, 4.69) is 20.9 Å². The highest BCUT2D eigenvalue weighted by atomic mass is 16.5. The third-order valence-electron chi connectivity index (χ3n) is 20.4. The van der Waals surface area contributed by atoms with Crippen LogP contribution in [0, 0.1) is 28.6 Å². The highest BCUT2D eigenvalue weighted by molar-refractivity contribution is 5.98. The van der Waals surface area contributed by atoms with E-state index in [1.54, 1.807) is 95.7 Å². The molecule has 27 nitrogen and oxygen atoms in total. The lowest BCUT2D eigenvalue weighted by molar-refractivity contribution is -0.202. The molecule has 4 fully saturated rings. The lowest BCUT2D eigenvalue weighted by Crippen LogP contribution is -2.65. The number of hydrogen-bond donors (Lipinski definition) is 11. The van der Waals surface area contributed by atoms with Gasteiger partial charge in [0.2, 0.25) is 22.2 Å². The number of nitrogens with one attached hydrogen (secondary N) is 2. The molecule has 4 saturated carbocycles. The number of rotatable bonds is 40. The van der Waals surface area contributed by atoms with Crippen LogP contribution in [0.1, 0.15) is 144 Å². The Morgan fingerprint density at radius 1 is 0.466 bits per heavy atom. The van der Waals surface area contributed by atoms with Crippen molar-refractivity contribution >= 4 is 23.4 Å². The van der Waals surface area contributed by atoms with Gasteiger partial charge in [-0.05, 0) is 109 Å². The van der Waals surface area contributed by atoms with Gasteiger partial charge in [-0.15, -0.1) is 5.10 Å². The summed E-state index contributed by atoms with van der Waals surface area (Å²) in [5.41, 5.74) is -3.44. The average molecular weight is 1420 g/mol. The highest BCUT2D eigenvalue weighted by Gasteiger charge is 2.67. The SMILES string of the molecule is Cc1cn(CCCCCC(=O)NCC23CC4(CNC(=O)c5c(OCc6ccccc6)c(=O)ccn5CC(O)C(O)CO)C[C@](CCC(=O)c5c(OCc6ccccc6)c(=O)ccn5CC(O)C(O)CO)(C2)C[C@](CCC(=O)c2c(OCc5ccccc5)c(=O)ccn2CC(O)C(O)CO)(C3)C4)nn1. The number of aryl methyl sites for hydroxylation is 2. The van der Waals surface area contributed by atoms with Gasteiger partial charge in [-0.2, -0.15) is 0 Å². The molecule has 11 rings (SSSR count). The third kappa shape index (κ3) is 19.2. The number of aliphatic hydroxyl groups excluding tert-OH is 9. The molecule has 0 spiro atoms. The van der Waals surface area contributed by atoms with Crippen LogP contribution in [0.25, 0.3) is 0 Å². The number of pyridine rings is 3. The van der Waals surface area contributed by atoms with E-state index in [4.69, 9.17) is 14.2 Å². The Hall–Kier alpha value is -9.03. The van der Waals surface area contributed by atoms with Crippen LogP contribution in [0.15, 0.2) is 148 Å². The van der Waals surface area contributed by atoms with Crippen molar-refractivity contribution in [1.82, 2.24) is 39.3 Å². The predicted molar refractivity (Wildman–Crippen MR) is 375 cm³/mol. The van der Waals surface area contributed by atoms with Crippen LogP contribution >= 0.6 is 0 Å². The van der Waals surface area contributed by atoms with Gasteiger partial charge in [-0.25, -0.2) is 0 Å². The second kappa shape index (κ2) is 34.5. The summed E-state index contributed by atoms with van der Waals surface area (Å²) in [6.07, 6.45) is 0.143. The quantitative estimate of drug-likeness (QED) is 0.0193. The van der Waals surface area contributed by atoms with Gasteiger partial charge in [0.1, 0.15) is 49.5 Å². The Balaban J connectivity index is 1.06. The number of carbonyl (C=O) groups excluding carboxylic acids is 4. The van der Waals surface area contributed by atoms with E-state index < -0.39 is 131 Å². The Kier molecular flexibility index (Phi) is 25.7. The van der Waals surface area contributed by atoms with Crippen molar-refractivity contribution in [2.45, 2.75) is 179 Å². The number of Topliss-reactive ketones (excluding diaryl/α,β-unsaturated/α-hetero) is 2. The Bertz CT molecular complexity index is 3840. The number of amides is 2. The van der Waals surface area contributed by atoms with Gasteiger partial charge < -0.3 is 84.5 Å². The molecule has 11 N–H and O–H groups in total. The van der Waals surface area contributed by atoms with Crippen molar-refractivity contribution in [1.29, 1.82) is 0 Å². The number of ether oxygens (including phenoxy) is 3. The highest BCUT2D eigenvalue weighted by Crippen LogP contribution is 2.75. The zero-order chi connectivity index (χ0) is 73.5. The first-order valence-corrected chi connectivity index (χ1v) is 35.1. The third-order valence-corrected chi connectivity index (χ3v) is 20.4. The molecule has 0 saturated heterocycles. The molecular weight excluding hydrogens is 1330 g/mol. The van der Waals surface area contributed by atoms with Gasteiger partial charge in [0.15, 0.2) is 34.5 Å². The molecule has 3 aromatic carbocycles. The van der Waals surface area contributed by atoms with Crippen molar-refractivity contribution in [3.8, 4) is 17.2 Å². The predicted octanol–water partition coefficient (Wildman–Crippen LogP) is 3.71. The smallest absolute Gasteiger partial charge is 0.271 e. The molecule has 0 aliphatic heterocycles. The second-order valence-electron chi connectivity index (χ2n) is 28.6. The minimum Gasteiger partial charge on any atom is -0.483 e. The lowest BCUT2D eigenvalue weighted by atomic mass is 9.34. The molecule has 552 valence electrons. The number of benzene rings is 3. The average Bonchev–Trinajstić information content (AvgIpc) is 1.68. The standard InChI is InChI=1S/C76H94N8O19/c1-50-32-84(80-79-50)28-13-5-12-20-65(99)77-48-75-43-73(26-21-54(88)66-69(101-39-51-14-6-2-7-15-51)56(90)23-29-81(66)33-59(93)62(96)36-85)42-74(44-75,27-22-55(89)67-70(102-40-52-16-8-3-9-17-52)57(91)24-30-82(67)34-60(94)63(97)37-86)46-76(45-73,47-75)49-78-72(100)68-71(103-41-53-18-10-4-11-19-53)58(92)25-31-83(68)35-61(95)64(98)38-87/h2-4,6-11,14-19,23-25,29-32,59-64,85-87,93-98H,5,12-13,20-22,26-28,33-49H2,1H3,(H,77,99)(H,78,100)/t59?,60?,61?,62?,63?,64?,73-,74+,75?,76?. The van der Waals surface area contributed by atoms with Crippen LogP contribution in [0.2, 0.25) is 0 Å². The fraction of sp³-hybridized carbons (Fsp3) is 0.487. The molecule has 7 aromatic rings. The summed E-state index contributed by atoms with van der Waals surface area (Å²) in [5, 5.41) is 110. The van der Waals surface area contributed by atoms with Crippen LogP contribution in [0.3, 0.4) is 0 Å². The summed E-state index contributed by atoms with van der Waals surface area (Å²) in [5.74, 6) is -3.19. The van der Waals surface area contributed by atoms with E-state index in [1.165, 1.54) is 44.4 Å². The molecule has 4 aliphatic rings. The first-order valence-electron chi connectivity index (χ1n) is 35.1. The maximum atomic E-state index is 15.6. The molecule has 4 bridgehead atoms. The van der Waals surface area contributed by atoms with Crippen molar-refractivity contribution in [3.05, 3.63) is 204 Å². The molecule has 27 heteroatoms. The van der Waals surface area contributed by atoms with Crippen LogP contribution in [0.4, 0.5) is 0 Å². The Labute approximate surface area is 595 Å². The maximum absolute atomic E-state index is 15.6. The van der Waals surface area contributed by atoms with E-state index in [0.29, 0.717) is 74.6 Å². The van der Waals surface area contributed by atoms with Gasteiger partial charge in [0.05, 0.1) is 63.5 Å². The first-order chi connectivity index (χ1) is 49.5. The van der Waals surface area contributed by atoms with Crippen LogP contribution in [0.5, 0.6) is 17.2 Å². The number of ketones is 2. The number of carbonyl (C=O) groups is 4. The number of aliphatic hydroxyl groups is 9. The Morgan fingerprint density at radius 2 is 0.835 bits per heavy atom. The molecule has 0 radical (unpaired) electrons. The molecule has 2 amide bonds. The second-order valence-corrected chi connectivity index (χ2v) is 28.6. The fourth-order valence-electron chi connectivity index (χ4n) is 16.3. The molecule has 4 heterocycles. The summed E-state index contributed by atoms with van der Waals surface area (Å²) in [6, 6.07) is 30.2. The van der Waals surface area contributed by atoms with Crippen LogP contribution in [-0.4, -0.2) is 168 Å². The summed E-state index contributed by atoms with van der Waals surface area (Å²) in [7, 11) is 0. The van der Waals surface area contributed by atoms with Crippen LogP contribution in [-0.2, 0) is 50.8 Å². The zero-order valence-electron chi connectivity index (χ0n) is 57.8. The van der Waals surface area contributed by atoms with Gasteiger partial charge >= 0.3 is 0 Å². The van der Waals surface area contributed by atoms with Crippen molar-refractivity contribution in [2.75, 3.05) is 32.9 Å². The summed E-state index contributed by atoms with van der Waals surface area (Å²) < 4.78 is 24.3. The minimum absolute atomic E-state index is 0.108.